The van der Waals surface area contributed by atoms with Crippen molar-refractivity contribution in [1.29, 1.82) is 0 Å². The highest BCUT2D eigenvalue weighted by molar-refractivity contribution is 5.47. The molecule has 2 aromatic carbocycles. The minimum Gasteiger partial charge on any atom is -0.508 e. The quantitative estimate of drug-likeness (QED) is 0.665. The molecular weight excluding hydrogens is 268 g/mol. The highest BCUT2D eigenvalue weighted by Gasteiger charge is 2.13. The number of phenolic OH excluding ortho intramolecular Hbond substituents is 1. The Bertz CT molecular complexity index is 572. The average molecular weight is 296 g/mol. The minimum atomic E-state index is 0.454. The Morgan fingerprint density at radius 2 is 1.45 bits per heavy atom. The van der Waals surface area contributed by atoms with E-state index in [1.54, 1.807) is 0 Å². The van der Waals surface area contributed by atoms with Crippen LogP contribution in [0.5, 0.6) is 5.75 Å². The average Bonchev–Trinajstić information content (AvgIpc) is 2.55. The lowest BCUT2D eigenvalue weighted by molar-refractivity contribution is 0.467. The predicted molar refractivity (Wildman–Crippen MR) is 94.6 cm³/mol. The zero-order valence-electron chi connectivity index (χ0n) is 13.9. The van der Waals surface area contributed by atoms with Crippen molar-refractivity contribution < 1.29 is 5.11 Å². The molecular formula is C21H28O. The molecule has 22 heavy (non-hydrogen) atoms. The number of aryl methyl sites for hydroxylation is 1. The second kappa shape index (κ2) is 8.63. The summed E-state index contributed by atoms with van der Waals surface area (Å²) in [5.74, 6) is 0.454. The molecule has 0 heterocycles. The topological polar surface area (TPSA) is 20.2 Å². The van der Waals surface area contributed by atoms with Gasteiger partial charge in [0.1, 0.15) is 5.75 Å². The lowest BCUT2D eigenvalue weighted by Gasteiger charge is -2.17. The maximum absolute atomic E-state index is 10.4. The van der Waals surface area contributed by atoms with Gasteiger partial charge in [-0.15, -0.1) is 0 Å². The van der Waals surface area contributed by atoms with Gasteiger partial charge in [0.05, 0.1) is 0 Å². The zero-order chi connectivity index (χ0) is 15.8. The Labute approximate surface area is 135 Å². The summed E-state index contributed by atoms with van der Waals surface area (Å²) in [6.45, 7) is 4.46. The van der Waals surface area contributed by atoms with E-state index in [2.05, 4.69) is 44.2 Å². The van der Waals surface area contributed by atoms with Crippen LogP contribution in [0, 0.1) is 0 Å². The molecule has 1 N–H and O–H groups in total. The van der Waals surface area contributed by atoms with Gasteiger partial charge in [0, 0.05) is 12.0 Å². The monoisotopic (exact) mass is 296 g/mol. The van der Waals surface area contributed by atoms with Crippen LogP contribution in [0.3, 0.4) is 0 Å². The minimum absolute atomic E-state index is 0.454. The first-order valence-corrected chi connectivity index (χ1v) is 8.62. The van der Waals surface area contributed by atoms with Crippen LogP contribution < -0.4 is 0 Å². The fourth-order valence-electron chi connectivity index (χ4n) is 2.99. The highest BCUT2D eigenvalue weighted by Crippen LogP contribution is 2.29. The number of rotatable bonds is 8. The number of benzene rings is 2. The molecule has 0 aliphatic heterocycles. The van der Waals surface area contributed by atoms with E-state index in [4.69, 9.17) is 0 Å². The normalized spacial score (nSPS) is 10.8. The van der Waals surface area contributed by atoms with E-state index in [1.165, 1.54) is 42.4 Å². The van der Waals surface area contributed by atoms with Crippen LogP contribution in [0.1, 0.15) is 61.8 Å². The molecule has 0 aliphatic carbocycles. The lowest BCUT2D eigenvalue weighted by Crippen LogP contribution is -2.02. The van der Waals surface area contributed by atoms with Gasteiger partial charge in [0.15, 0.2) is 0 Å². The molecule has 118 valence electrons. The number of hydrogen-bond acceptors (Lipinski definition) is 1. The van der Waals surface area contributed by atoms with E-state index in [0.717, 1.165) is 24.8 Å². The van der Waals surface area contributed by atoms with Crippen LogP contribution in [0.4, 0.5) is 0 Å². The van der Waals surface area contributed by atoms with Gasteiger partial charge in [0.25, 0.3) is 0 Å². The first-order valence-electron chi connectivity index (χ1n) is 8.62. The van der Waals surface area contributed by atoms with Gasteiger partial charge in [-0.25, -0.2) is 0 Å². The highest BCUT2D eigenvalue weighted by atomic mass is 16.3. The van der Waals surface area contributed by atoms with Gasteiger partial charge in [-0.05, 0) is 48.4 Å². The number of hydrogen-bond donors (Lipinski definition) is 1. The summed E-state index contributed by atoms with van der Waals surface area (Å²) in [5.41, 5.74) is 5.22. The first-order chi connectivity index (χ1) is 10.8. The van der Waals surface area contributed by atoms with Crippen LogP contribution >= 0.6 is 0 Å². The van der Waals surface area contributed by atoms with E-state index < -0.39 is 0 Å². The third-order valence-corrected chi connectivity index (χ3v) is 4.31. The van der Waals surface area contributed by atoms with Crippen molar-refractivity contribution in [2.24, 2.45) is 0 Å². The molecule has 0 radical (unpaired) electrons. The third kappa shape index (κ3) is 4.37. The molecule has 0 atom stereocenters. The third-order valence-electron chi connectivity index (χ3n) is 4.31. The summed E-state index contributed by atoms with van der Waals surface area (Å²) in [4.78, 5) is 0. The number of aromatic hydroxyl groups is 1. The maximum atomic E-state index is 10.4. The first kappa shape index (κ1) is 16.6. The molecule has 0 bridgehead atoms. The van der Waals surface area contributed by atoms with Crippen molar-refractivity contribution in [1.82, 2.24) is 0 Å². The Balaban J connectivity index is 2.35. The maximum Gasteiger partial charge on any atom is 0.119 e. The summed E-state index contributed by atoms with van der Waals surface area (Å²) in [6, 6.07) is 14.5. The Morgan fingerprint density at radius 3 is 2.14 bits per heavy atom. The SMILES string of the molecule is CCCCc1ccc(O)c(Cc2ccccc2)c1CCCC. The second-order valence-electron chi connectivity index (χ2n) is 6.07. The molecule has 0 amide bonds. The van der Waals surface area contributed by atoms with Crippen molar-refractivity contribution >= 4 is 0 Å². The molecule has 1 nitrogen and oxygen atoms in total. The number of unbranched alkanes of at least 4 members (excludes halogenated alkanes) is 2. The standard InChI is InChI=1S/C21H28O/c1-3-5-12-18-14-15-21(22)20(19(18)13-6-4-2)16-17-10-8-7-9-11-17/h7-11,14-15,22H,3-6,12-13,16H2,1-2H3. The lowest BCUT2D eigenvalue weighted by atomic mass is 9.89. The van der Waals surface area contributed by atoms with Crippen LogP contribution in [-0.4, -0.2) is 5.11 Å². The van der Waals surface area contributed by atoms with Gasteiger partial charge in [0.2, 0.25) is 0 Å². The largest absolute Gasteiger partial charge is 0.508 e. The van der Waals surface area contributed by atoms with E-state index >= 15 is 0 Å². The van der Waals surface area contributed by atoms with E-state index in [1.807, 2.05) is 12.1 Å². The summed E-state index contributed by atoms with van der Waals surface area (Å²) in [5, 5.41) is 10.4. The molecule has 0 aliphatic rings. The molecule has 0 aromatic heterocycles. The van der Waals surface area contributed by atoms with Crippen LogP contribution in [0.15, 0.2) is 42.5 Å². The van der Waals surface area contributed by atoms with Gasteiger partial charge in [-0.3, -0.25) is 0 Å². The van der Waals surface area contributed by atoms with Crippen LogP contribution in [-0.2, 0) is 19.3 Å². The molecule has 0 fully saturated rings. The van der Waals surface area contributed by atoms with Gasteiger partial charge >= 0.3 is 0 Å². The molecule has 0 spiro atoms. The number of phenols is 1. The van der Waals surface area contributed by atoms with Crippen molar-refractivity contribution in [2.75, 3.05) is 0 Å². The molecule has 2 aromatic rings. The van der Waals surface area contributed by atoms with Crippen molar-refractivity contribution in [3.05, 3.63) is 64.7 Å². The Kier molecular flexibility index (Phi) is 6.51. The van der Waals surface area contributed by atoms with Crippen molar-refractivity contribution in [3.63, 3.8) is 0 Å². The van der Waals surface area contributed by atoms with Crippen LogP contribution in [0.2, 0.25) is 0 Å². The van der Waals surface area contributed by atoms with Gasteiger partial charge in [-0.2, -0.15) is 0 Å². The van der Waals surface area contributed by atoms with Crippen molar-refractivity contribution in [2.45, 2.75) is 58.8 Å². The van der Waals surface area contributed by atoms with E-state index in [0.29, 0.717) is 5.75 Å². The molecule has 0 saturated carbocycles. The summed E-state index contributed by atoms with van der Waals surface area (Å²) < 4.78 is 0. The predicted octanol–water partition coefficient (Wildman–Crippen LogP) is 5.67. The Hall–Kier alpha value is -1.76. The van der Waals surface area contributed by atoms with Gasteiger partial charge < -0.3 is 5.11 Å². The summed E-state index contributed by atoms with van der Waals surface area (Å²) >= 11 is 0. The Morgan fingerprint density at radius 1 is 0.773 bits per heavy atom. The fourth-order valence-corrected chi connectivity index (χ4v) is 2.99. The molecule has 1 heteroatoms. The fraction of sp³-hybridized carbons (Fsp3) is 0.429. The second-order valence-corrected chi connectivity index (χ2v) is 6.07. The van der Waals surface area contributed by atoms with Crippen LogP contribution in [0.25, 0.3) is 0 Å². The zero-order valence-corrected chi connectivity index (χ0v) is 13.9. The smallest absolute Gasteiger partial charge is 0.119 e. The molecule has 2 rings (SSSR count). The summed E-state index contributed by atoms with van der Waals surface area (Å²) in [7, 11) is 0. The van der Waals surface area contributed by atoms with Gasteiger partial charge in [-0.1, -0.05) is 63.1 Å². The van der Waals surface area contributed by atoms with E-state index in [9.17, 15) is 5.11 Å². The van der Waals surface area contributed by atoms with Crippen molar-refractivity contribution in [3.8, 4) is 5.75 Å². The summed E-state index contributed by atoms with van der Waals surface area (Å²) in [6.07, 6.45) is 7.82. The molecule has 0 saturated heterocycles. The molecule has 0 unspecified atom stereocenters. The van der Waals surface area contributed by atoms with E-state index in [-0.39, 0.29) is 0 Å².